The van der Waals surface area contributed by atoms with Gasteiger partial charge in [-0.1, -0.05) is 48.5 Å². The molecule has 8 heteroatoms. The number of aryl methyl sites for hydroxylation is 1. The zero-order chi connectivity index (χ0) is 25.2. The van der Waals surface area contributed by atoms with Crippen molar-refractivity contribution in [3.8, 4) is 16.3 Å². The van der Waals surface area contributed by atoms with Gasteiger partial charge in [0.25, 0.3) is 5.91 Å². The lowest BCUT2D eigenvalue weighted by Gasteiger charge is -2.26. The molecule has 36 heavy (non-hydrogen) atoms. The van der Waals surface area contributed by atoms with Crippen LogP contribution < -0.4 is 4.74 Å². The number of aliphatic hydroxyl groups excluding tert-OH is 1. The number of hydrogen-bond donors (Lipinski definition) is 1. The maximum Gasteiger partial charge on any atom is 0.290 e. The molecule has 1 aliphatic heterocycles. The highest BCUT2D eigenvalue weighted by atomic mass is 32.1. The Labute approximate surface area is 212 Å². The Bertz CT molecular complexity index is 1450. The van der Waals surface area contributed by atoms with Gasteiger partial charge >= 0.3 is 0 Å². The summed E-state index contributed by atoms with van der Waals surface area (Å²) < 4.78 is 5.22. The molecule has 1 aliphatic rings. The van der Waals surface area contributed by atoms with E-state index in [2.05, 4.69) is 9.97 Å². The summed E-state index contributed by atoms with van der Waals surface area (Å²) in [6.07, 6.45) is 1.61. The maximum absolute atomic E-state index is 13.9. The van der Waals surface area contributed by atoms with E-state index < -0.39 is 23.5 Å². The molecule has 3 heterocycles. The van der Waals surface area contributed by atoms with Gasteiger partial charge in [-0.15, -0.1) is 11.3 Å². The molecule has 0 spiro atoms. The number of nitrogens with zero attached hydrogens (tertiary/aromatic N) is 3. The van der Waals surface area contributed by atoms with Crippen molar-refractivity contribution < 1.29 is 19.4 Å². The van der Waals surface area contributed by atoms with E-state index in [0.717, 1.165) is 11.1 Å². The molecule has 0 fully saturated rings. The normalized spacial score (nSPS) is 15.4. The van der Waals surface area contributed by atoms with Gasteiger partial charge in [-0.3, -0.25) is 14.6 Å². The van der Waals surface area contributed by atoms with Gasteiger partial charge in [-0.2, -0.15) is 0 Å². The minimum absolute atomic E-state index is 0.0126. The summed E-state index contributed by atoms with van der Waals surface area (Å²) >= 11 is 1.25. The van der Waals surface area contributed by atoms with E-state index in [4.69, 9.17) is 4.74 Å². The number of amides is 1. The Morgan fingerprint density at radius 3 is 2.44 bits per heavy atom. The Kier molecular flexibility index (Phi) is 6.35. The first kappa shape index (κ1) is 23.4. The lowest BCUT2D eigenvalue weighted by atomic mass is 9.98. The number of carbonyl (C=O) groups excluding carboxylic acids is 2. The highest BCUT2D eigenvalue weighted by Gasteiger charge is 2.45. The van der Waals surface area contributed by atoms with Crippen molar-refractivity contribution in [2.24, 2.45) is 0 Å². The second-order valence-corrected chi connectivity index (χ2v) is 9.33. The van der Waals surface area contributed by atoms with E-state index in [9.17, 15) is 14.7 Å². The molecule has 5 rings (SSSR count). The van der Waals surface area contributed by atoms with Gasteiger partial charge in [0.05, 0.1) is 28.9 Å². The van der Waals surface area contributed by atoms with Gasteiger partial charge < -0.3 is 14.7 Å². The molecule has 0 saturated heterocycles. The van der Waals surface area contributed by atoms with Gasteiger partial charge in [0.2, 0.25) is 5.78 Å². The molecule has 4 aromatic rings. The first-order chi connectivity index (χ1) is 17.5. The molecule has 180 valence electrons. The summed E-state index contributed by atoms with van der Waals surface area (Å²) in [7, 11) is 1.58. The molecule has 1 unspecified atom stereocenters. The molecule has 0 bridgehead atoms. The summed E-state index contributed by atoms with van der Waals surface area (Å²) in [6.45, 7) is 1.94. The van der Waals surface area contributed by atoms with Crippen LogP contribution in [0.1, 0.15) is 32.7 Å². The summed E-state index contributed by atoms with van der Waals surface area (Å²) in [5.74, 6) is -0.904. The highest BCUT2D eigenvalue weighted by Crippen LogP contribution is 2.41. The molecule has 7 nitrogen and oxygen atoms in total. The number of methoxy groups -OCH3 is 1. The van der Waals surface area contributed by atoms with Crippen molar-refractivity contribution in [2.75, 3.05) is 7.11 Å². The van der Waals surface area contributed by atoms with Crippen molar-refractivity contribution in [3.63, 3.8) is 0 Å². The van der Waals surface area contributed by atoms with Gasteiger partial charge in [-0.25, -0.2) is 4.98 Å². The van der Waals surface area contributed by atoms with E-state index in [1.807, 2.05) is 42.5 Å². The second kappa shape index (κ2) is 9.75. The Balaban J connectivity index is 1.54. The molecule has 2 aromatic carbocycles. The number of aliphatic hydroxyl groups is 1. The summed E-state index contributed by atoms with van der Waals surface area (Å²) in [6, 6.07) is 21.3. The molecular formula is C28H23N3O4S. The van der Waals surface area contributed by atoms with Crippen molar-refractivity contribution in [1.82, 2.24) is 14.9 Å². The molecule has 0 aliphatic carbocycles. The number of Topliss-reactive ketones (excluding diaryl/α,β-unsaturated/α-hetero) is 1. The lowest BCUT2D eigenvalue weighted by Crippen LogP contribution is -2.31. The Hall–Kier alpha value is -4.30. The van der Waals surface area contributed by atoms with Crippen molar-refractivity contribution in [1.29, 1.82) is 0 Å². The predicted molar refractivity (Wildman–Crippen MR) is 137 cm³/mol. The molecule has 2 aromatic heterocycles. The molecule has 1 atom stereocenters. The van der Waals surface area contributed by atoms with E-state index in [-0.39, 0.29) is 12.1 Å². The fourth-order valence-electron chi connectivity index (χ4n) is 4.26. The van der Waals surface area contributed by atoms with Crippen molar-refractivity contribution in [2.45, 2.75) is 19.5 Å². The van der Waals surface area contributed by atoms with E-state index in [1.54, 1.807) is 50.6 Å². The third kappa shape index (κ3) is 4.27. The van der Waals surface area contributed by atoms with Crippen LogP contribution in [-0.2, 0) is 11.3 Å². The predicted octanol–water partition coefficient (Wildman–Crippen LogP) is 5.30. The van der Waals surface area contributed by atoms with Gasteiger partial charge in [0, 0.05) is 18.3 Å². The largest absolute Gasteiger partial charge is 0.503 e. The van der Waals surface area contributed by atoms with Crippen molar-refractivity contribution in [3.05, 3.63) is 112 Å². The number of aromatic nitrogens is 2. The highest BCUT2D eigenvalue weighted by molar-refractivity contribution is 7.17. The van der Waals surface area contributed by atoms with Gasteiger partial charge in [0.15, 0.2) is 5.76 Å². The van der Waals surface area contributed by atoms with Gasteiger partial charge in [-0.05, 0) is 36.8 Å². The van der Waals surface area contributed by atoms with Crippen LogP contribution >= 0.6 is 11.3 Å². The minimum Gasteiger partial charge on any atom is -0.503 e. The molecule has 1 amide bonds. The fraction of sp³-hybridized carbons (Fsp3) is 0.143. The fourth-order valence-corrected chi connectivity index (χ4v) is 5.28. The number of thiazole rings is 1. The third-order valence-corrected chi connectivity index (χ3v) is 7.26. The number of pyridine rings is 1. The number of hydrogen-bond acceptors (Lipinski definition) is 7. The zero-order valence-electron chi connectivity index (χ0n) is 19.7. The maximum atomic E-state index is 13.9. The smallest absolute Gasteiger partial charge is 0.290 e. The lowest BCUT2D eigenvalue weighted by molar-refractivity contribution is -0.130. The topological polar surface area (TPSA) is 92.6 Å². The summed E-state index contributed by atoms with van der Waals surface area (Å²) in [5.41, 5.74) is 2.78. The first-order valence-electron chi connectivity index (χ1n) is 11.3. The van der Waals surface area contributed by atoms with Crippen LogP contribution in [0.4, 0.5) is 0 Å². The van der Waals surface area contributed by atoms with E-state index in [1.165, 1.54) is 16.2 Å². The average molecular weight is 498 g/mol. The third-order valence-electron chi connectivity index (χ3n) is 6.05. The number of ketones is 1. The zero-order valence-corrected chi connectivity index (χ0v) is 20.5. The van der Waals surface area contributed by atoms with Crippen LogP contribution in [0.2, 0.25) is 0 Å². The van der Waals surface area contributed by atoms with E-state index in [0.29, 0.717) is 27.0 Å². The summed E-state index contributed by atoms with van der Waals surface area (Å²) in [4.78, 5) is 38.0. The molecule has 0 saturated carbocycles. The number of ether oxygens (including phenoxy) is 1. The van der Waals surface area contributed by atoms with Crippen LogP contribution in [-0.4, -0.2) is 38.8 Å². The van der Waals surface area contributed by atoms with Crippen LogP contribution in [0.5, 0.6) is 5.75 Å². The molecule has 1 N–H and O–H groups in total. The van der Waals surface area contributed by atoms with Crippen LogP contribution in [0.3, 0.4) is 0 Å². The number of carbonyl (C=O) groups is 2. The quantitative estimate of drug-likeness (QED) is 0.348. The van der Waals surface area contributed by atoms with Gasteiger partial charge in [0.1, 0.15) is 16.8 Å². The van der Waals surface area contributed by atoms with E-state index >= 15 is 0 Å². The van der Waals surface area contributed by atoms with Crippen LogP contribution in [0, 0.1) is 6.92 Å². The van der Waals surface area contributed by atoms with Crippen LogP contribution in [0.25, 0.3) is 10.6 Å². The average Bonchev–Trinajstić information content (AvgIpc) is 3.43. The Morgan fingerprint density at radius 1 is 1.06 bits per heavy atom. The van der Waals surface area contributed by atoms with Crippen molar-refractivity contribution >= 4 is 23.0 Å². The molecule has 0 radical (unpaired) electrons. The monoisotopic (exact) mass is 497 g/mol. The Morgan fingerprint density at radius 2 is 1.78 bits per heavy atom. The number of benzene rings is 2. The standard InChI is InChI=1S/C28H23N3O4S/c1-17-26(36-27(30-17)19-8-4-3-5-9-19)24(32)22-23(21-10-6-7-15-29-21)31(28(34)25(22)33)16-18-11-13-20(35-2)14-12-18/h3-15,23,33H,16H2,1-2H3. The molecular weight excluding hydrogens is 474 g/mol. The minimum atomic E-state index is -0.838. The second-order valence-electron chi connectivity index (χ2n) is 8.33. The SMILES string of the molecule is COc1ccc(CN2C(=O)C(O)=C(C(=O)c3sc(-c4ccccc4)nc3C)C2c2ccccn2)cc1. The first-order valence-corrected chi connectivity index (χ1v) is 12.1. The number of rotatable bonds is 7. The summed E-state index contributed by atoms with van der Waals surface area (Å²) in [5, 5.41) is 11.7. The van der Waals surface area contributed by atoms with Crippen LogP contribution in [0.15, 0.2) is 90.3 Å².